The van der Waals surface area contributed by atoms with Crippen LogP contribution in [0.5, 0.6) is 5.88 Å². The molecule has 0 spiro atoms. The van der Waals surface area contributed by atoms with Gasteiger partial charge in [0.15, 0.2) is 5.82 Å². The quantitative estimate of drug-likeness (QED) is 0.538. The monoisotopic (exact) mass is 413 g/mol. The zero-order valence-electron chi connectivity index (χ0n) is 19.8. The lowest BCUT2D eigenvalue weighted by molar-refractivity contribution is 0.0577. The van der Waals surface area contributed by atoms with Gasteiger partial charge < -0.3 is 14.7 Å². The number of hydrogen-bond donors (Lipinski definition) is 1. The molecule has 0 saturated carbocycles. The first-order valence-corrected chi connectivity index (χ1v) is 11.5. The van der Waals surface area contributed by atoms with E-state index >= 15 is 0 Å². The number of anilines is 1. The molecule has 2 rings (SSSR count). The number of aryl methyl sites for hydroxylation is 3. The zero-order chi connectivity index (χ0) is 22.3. The number of rotatable bonds is 11. The Labute approximate surface area is 182 Å². The van der Waals surface area contributed by atoms with Crippen molar-refractivity contribution in [3.8, 4) is 17.3 Å². The van der Waals surface area contributed by atoms with E-state index in [4.69, 9.17) is 14.7 Å². The Morgan fingerprint density at radius 2 is 1.53 bits per heavy atom. The molecule has 0 bridgehead atoms. The van der Waals surface area contributed by atoms with Crippen molar-refractivity contribution < 1.29 is 9.84 Å². The average molecular weight is 414 g/mol. The van der Waals surface area contributed by atoms with Crippen LogP contribution in [0, 0.1) is 6.92 Å². The topological polar surface area (TPSA) is 58.5 Å². The Hall–Kier alpha value is -2.14. The van der Waals surface area contributed by atoms with E-state index in [9.17, 15) is 5.11 Å². The summed E-state index contributed by atoms with van der Waals surface area (Å²) in [5.41, 5.74) is 5.47. The highest BCUT2D eigenvalue weighted by Crippen LogP contribution is 2.35. The summed E-state index contributed by atoms with van der Waals surface area (Å²) in [6, 6.07) is 6.42. The van der Waals surface area contributed by atoms with Crippen molar-refractivity contribution in [2.75, 3.05) is 18.0 Å². The molecule has 0 amide bonds. The van der Waals surface area contributed by atoms with Gasteiger partial charge in [-0.15, -0.1) is 0 Å². The molecule has 1 aromatic heterocycles. The fourth-order valence-electron chi connectivity index (χ4n) is 3.78. The summed E-state index contributed by atoms with van der Waals surface area (Å²) in [7, 11) is 0. The smallest absolute Gasteiger partial charge is 0.241 e. The van der Waals surface area contributed by atoms with Gasteiger partial charge in [-0.25, -0.2) is 4.98 Å². The number of aromatic nitrogens is 2. The Bertz CT molecular complexity index is 792. The largest absolute Gasteiger partial charge is 0.470 e. The van der Waals surface area contributed by atoms with Crippen LogP contribution in [0.25, 0.3) is 11.4 Å². The van der Waals surface area contributed by atoms with Crippen LogP contribution in [0.3, 0.4) is 0 Å². The number of hydrogen-bond acceptors (Lipinski definition) is 5. The van der Waals surface area contributed by atoms with Crippen molar-refractivity contribution in [2.45, 2.75) is 86.4 Å². The summed E-state index contributed by atoms with van der Waals surface area (Å²) in [5, 5.41) is 10.1. The van der Waals surface area contributed by atoms with E-state index in [-0.39, 0.29) is 6.10 Å². The van der Waals surface area contributed by atoms with Crippen LogP contribution in [0.2, 0.25) is 0 Å². The minimum Gasteiger partial charge on any atom is -0.470 e. The van der Waals surface area contributed by atoms with Gasteiger partial charge in [0.1, 0.15) is 11.8 Å². The first-order chi connectivity index (χ1) is 14.4. The lowest BCUT2D eigenvalue weighted by Crippen LogP contribution is -2.30. The Balaban J connectivity index is 2.71. The van der Waals surface area contributed by atoms with Crippen LogP contribution in [0.15, 0.2) is 18.2 Å². The highest BCUT2D eigenvalue weighted by atomic mass is 16.5. The van der Waals surface area contributed by atoms with E-state index < -0.39 is 6.10 Å². The van der Waals surface area contributed by atoms with Gasteiger partial charge in [0, 0.05) is 18.7 Å². The van der Waals surface area contributed by atoms with Gasteiger partial charge in [-0.3, -0.25) is 0 Å². The fraction of sp³-hybridized carbons (Fsp3) is 0.600. The first kappa shape index (κ1) is 24.1. The predicted molar refractivity (Wildman–Crippen MR) is 126 cm³/mol. The van der Waals surface area contributed by atoms with Crippen molar-refractivity contribution in [1.82, 2.24) is 9.97 Å². The molecular weight excluding hydrogens is 374 g/mol. The van der Waals surface area contributed by atoms with Crippen molar-refractivity contribution in [2.24, 2.45) is 0 Å². The minimum absolute atomic E-state index is 0.358. The van der Waals surface area contributed by atoms with Crippen LogP contribution in [0.4, 0.5) is 5.69 Å². The molecule has 1 aromatic carbocycles. The average Bonchev–Trinajstić information content (AvgIpc) is 2.72. The summed E-state index contributed by atoms with van der Waals surface area (Å²) >= 11 is 0. The second-order valence-corrected chi connectivity index (χ2v) is 8.00. The summed E-state index contributed by atoms with van der Waals surface area (Å²) in [6.07, 6.45) is 2.97. The SMILES string of the molecule is CCCN(CCC)c1c(C)nc(-c2c(CC)cccc2CC)nc1O[C@H](C)[C@@H](C)O. The van der Waals surface area contributed by atoms with Crippen molar-refractivity contribution >= 4 is 5.69 Å². The molecule has 0 aliphatic heterocycles. The van der Waals surface area contributed by atoms with Crippen LogP contribution in [-0.2, 0) is 12.8 Å². The van der Waals surface area contributed by atoms with Gasteiger partial charge in [-0.2, -0.15) is 4.98 Å². The Kier molecular flexibility index (Phi) is 9.09. The molecule has 0 aliphatic rings. The third-order valence-corrected chi connectivity index (χ3v) is 5.53. The number of aliphatic hydroxyl groups excluding tert-OH is 1. The molecule has 30 heavy (non-hydrogen) atoms. The van der Waals surface area contributed by atoms with E-state index in [0.29, 0.717) is 11.7 Å². The standard InChI is InChI=1S/C25H39N3O2/c1-8-15-28(16-9-2)23-17(5)26-24(27-25(23)30-19(7)18(6)29)22-20(10-3)13-12-14-21(22)11-4/h12-14,18-19,29H,8-11,15-16H2,1-7H3/t18-,19-/m1/s1. The Morgan fingerprint density at radius 1 is 0.967 bits per heavy atom. The van der Waals surface area contributed by atoms with E-state index in [1.54, 1.807) is 6.92 Å². The minimum atomic E-state index is -0.587. The van der Waals surface area contributed by atoms with E-state index in [0.717, 1.165) is 55.7 Å². The summed E-state index contributed by atoms with van der Waals surface area (Å²) in [5.74, 6) is 1.28. The molecule has 1 heterocycles. The van der Waals surface area contributed by atoms with Crippen LogP contribution in [-0.4, -0.2) is 40.4 Å². The summed E-state index contributed by atoms with van der Waals surface area (Å²) in [6.45, 7) is 16.2. The predicted octanol–water partition coefficient (Wildman–Crippen LogP) is 5.35. The maximum atomic E-state index is 10.1. The highest BCUT2D eigenvalue weighted by molar-refractivity contribution is 5.69. The summed E-state index contributed by atoms with van der Waals surface area (Å²) < 4.78 is 6.23. The molecule has 5 nitrogen and oxygen atoms in total. The van der Waals surface area contributed by atoms with Gasteiger partial charge in [-0.05, 0) is 57.6 Å². The number of benzene rings is 1. The summed E-state index contributed by atoms with van der Waals surface area (Å²) in [4.78, 5) is 12.2. The maximum absolute atomic E-state index is 10.1. The molecule has 0 unspecified atom stereocenters. The van der Waals surface area contributed by atoms with E-state index in [1.165, 1.54) is 11.1 Å². The van der Waals surface area contributed by atoms with Crippen molar-refractivity contribution in [3.63, 3.8) is 0 Å². The van der Waals surface area contributed by atoms with Crippen LogP contribution >= 0.6 is 0 Å². The van der Waals surface area contributed by atoms with Crippen LogP contribution in [0.1, 0.15) is 71.2 Å². The normalized spacial score (nSPS) is 13.2. The Morgan fingerprint density at radius 3 is 2.00 bits per heavy atom. The molecule has 166 valence electrons. The number of ether oxygens (including phenoxy) is 1. The second-order valence-electron chi connectivity index (χ2n) is 8.00. The van der Waals surface area contributed by atoms with Gasteiger partial charge in [0.05, 0.1) is 11.8 Å². The zero-order valence-corrected chi connectivity index (χ0v) is 19.8. The maximum Gasteiger partial charge on any atom is 0.241 e. The third kappa shape index (κ3) is 5.51. The lowest BCUT2D eigenvalue weighted by Gasteiger charge is -2.29. The van der Waals surface area contributed by atoms with Gasteiger partial charge in [0.25, 0.3) is 0 Å². The second kappa shape index (κ2) is 11.3. The van der Waals surface area contributed by atoms with E-state index in [2.05, 4.69) is 50.8 Å². The van der Waals surface area contributed by atoms with E-state index in [1.807, 2.05) is 13.8 Å². The molecule has 2 atom stereocenters. The van der Waals surface area contributed by atoms with Crippen LogP contribution < -0.4 is 9.64 Å². The molecule has 0 fully saturated rings. The van der Waals surface area contributed by atoms with Gasteiger partial charge >= 0.3 is 0 Å². The van der Waals surface area contributed by atoms with Crippen molar-refractivity contribution in [1.29, 1.82) is 0 Å². The molecule has 0 radical (unpaired) electrons. The van der Waals surface area contributed by atoms with Gasteiger partial charge in [0.2, 0.25) is 5.88 Å². The molecule has 2 aromatic rings. The lowest BCUT2D eigenvalue weighted by atomic mass is 9.97. The molecule has 5 heteroatoms. The third-order valence-electron chi connectivity index (χ3n) is 5.53. The van der Waals surface area contributed by atoms with Gasteiger partial charge in [-0.1, -0.05) is 45.9 Å². The fourth-order valence-corrected chi connectivity index (χ4v) is 3.78. The molecule has 0 saturated heterocycles. The first-order valence-electron chi connectivity index (χ1n) is 11.5. The molecule has 1 N–H and O–H groups in total. The molecule has 0 aliphatic carbocycles. The number of nitrogens with zero attached hydrogens (tertiary/aromatic N) is 3. The number of aliphatic hydroxyl groups is 1. The molecular formula is C25H39N3O2. The van der Waals surface area contributed by atoms with Crippen molar-refractivity contribution in [3.05, 3.63) is 35.0 Å². The highest BCUT2D eigenvalue weighted by Gasteiger charge is 2.23.